The first-order valence-corrected chi connectivity index (χ1v) is 6.54. The van der Waals surface area contributed by atoms with Crippen LogP contribution in [0.1, 0.15) is 13.8 Å². The number of pyridine rings is 1. The summed E-state index contributed by atoms with van der Waals surface area (Å²) in [6.45, 7) is 4.90. The molecular formula is C15H20N2O2. The third kappa shape index (κ3) is 4.19. The van der Waals surface area contributed by atoms with Crippen molar-refractivity contribution >= 4 is 10.9 Å². The van der Waals surface area contributed by atoms with E-state index in [4.69, 9.17) is 4.74 Å². The zero-order valence-electron chi connectivity index (χ0n) is 11.3. The Bertz CT molecular complexity index is 528. The molecule has 0 spiro atoms. The lowest BCUT2D eigenvalue weighted by molar-refractivity contribution is 0.105. The third-order valence-electron chi connectivity index (χ3n) is 2.78. The smallest absolute Gasteiger partial charge is 0.121 e. The van der Waals surface area contributed by atoms with Crippen LogP contribution in [0.25, 0.3) is 10.9 Å². The predicted octanol–water partition coefficient (Wildman–Crippen LogP) is 1.97. The Labute approximate surface area is 113 Å². The molecule has 0 fully saturated rings. The highest BCUT2D eigenvalue weighted by molar-refractivity contribution is 5.79. The van der Waals surface area contributed by atoms with Gasteiger partial charge in [-0.1, -0.05) is 19.9 Å². The van der Waals surface area contributed by atoms with Crippen molar-refractivity contribution in [2.45, 2.75) is 26.0 Å². The summed E-state index contributed by atoms with van der Waals surface area (Å²) in [5.74, 6) is 0.731. The number of nitrogens with zero attached hydrogens (tertiary/aromatic N) is 1. The zero-order chi connectivity index (χ0) is 13.7. The van der Waals surface area contributed by atoms with Gasteiger partial charge in [-0.2, -0.15) is 0 Å². The monoisotopic (exact) mass is 260 g/mol. The largest absolute Gasteiger partial charge is 0.491 e. The standard InChI is InChI=1S/C15H20N2O2/c1-11(2)17-9-13(18)10-19-14-6-5-12-4-3-7-16-15(12)8-14/h3-8,11,13,17-18H,9-10H2,1-2H3. The van der Waals surface area contributed by atoms with E-state index in [0.29, 0.717) is 12.6 Å². The van der Waals surface area contributed by atoms with E-state index in [9.17, 15) is 5.11 Å². The molecule has 0 saturated carbocycles. The molecule has 0 aliphatic heterocycles. The first-order chi connectivity index (χ1) is 9.15. The van der Waals surface area contributed by atoms with Crippen LogP contribution < -0.4 is 10.1 Å². The molecule has 0 aliphatic carbocycles. The first-order valence-electron chi connectivity index (χ1n) is 6.54. The van der Waals surface area contributed by atoms with Crippen molar-refractivity contribution in [2.24, 2.45) is 0 Å². The van der Waals surface area contributed by atoms with Crippen molar-refractivity contribution in [3.8, 4) is 5.75 Å². The van der Waals surface area contributed by atoms with Crippen LogP contribution in [0.3, 0.4) is 0 Å². The lowest BCUT2D eigenvalue weighted by Gasteiger charge is -2.15. The van der Waals surface area contributed by atoms with Gasteiger partial charge < -0.3 is 15.2 Å². The lowest BCUT2D eigenvalue weighted by Crippen LogP contribution is -2.35. The molecule has 0 saturated heterocycles. The maximum absolute atomic E-state index is 9.77. The second-order valence-electron chi connectivity index (χ2n) is 4.89. The molecule has 102 valence electrons. The van der Waals surface area contributed by atoms with Crippen molar-refractivity contribution in [2.75, 3.05) is 13.2 Å². The zero-order valence-corrected chi connectivity index (χ0v) is 11.3. The van der Waals surface area contributed by atoms with E-state index in [0.717, 1.165) is 16.7 Å². The van der Waals surface area contributed by atoms with Gasteiger partial charge in [0.15, 0.2) is 0 Å². The number of hydrogen-bond donors (Lipinski definition) is 2. The maximum Gasteiger partial charge on any atom is 0.121 e. The average molecular weight is 260 g/mol. The van der Waals surface area contributed by atoms with Crippen LogP contribution in [-0.2, 0) is 0 Å². The Kier molecular flexibility index (Phi) is 4.71. The number of nitrogens with one attached hydrogen (secondary N) is 1. The highest BCUT2D eigenvalue weighted by Gasteiger charge is 2.06. The van der Waals surface area contributed by atoms with Gasteiger partial charge in [-0.25, -0.2) is 0 Å². The molecule has 0 bridgehead atoms. The molecular weight excluding hydrogens is 240 g/mol. The SMILES string of the molecule is CC(C)NCC(O)COc1ccc2cccnc2c1. The molecule has 4 heteroatoms. The topological polar surface area (TPSA) is 54.4 Å². The summed E-state index contributed by atoms with van der Waals surface area (Å²) in [5.41, 5.74) is 0.898. The van der Waals surface area contributed by atoms with Gasteiger partial charge in [0.2, 0.25) is 0 Å². The highest BCUT2D eigenvalue weighted by atomic mass is 16.5. The second-order valence-corrected chi connectivity index (χ2v) is 4.89. The summed E-state index contributed by atoms with van der Waals surface area (Å²) in [7, 11) is 0. The number of fused-ring (bicyclic) bond motifs is 1. The minimum absolute atomic E-state index is 0.276. The summed E-state index contributed by atoms with van der Waals surface area (Å²) in [5, 5.41) is 14.0. The number of aliphatic hydroxyl groups is 1. The van der Waals surface area contributed by atoms with E-state index in [1.54, 1.807) is 6.20 Å². The second kappa shape index (κ2) is 6.50. The summed E-state index contributed by atoms with van der Waals surface area (Å²) < 4.78 is 5.58. The van der Waals surface area contributed by atoms with Gasteiger partial charge in [-0.3, -0.25) is 4.98 Å². The predicted molar refractivity (Wildman–Crippen MR) is 76.4 cm³/mol. The average Bonchev–Trinajstić information content (AvgIpc) is 2.42. The Morgan fingerprint density at radius 2 is 2.16 bits per heavy atom. The highest BCUT2D eigenvalue weighted by Crippen LogP contribution is 2.18. The summed E-state index contributed by atoms with van der Waals surface area (Å²) in [6, 6.07) is 10.0. The number of ether oxygens (including phenoxy) is 1. The van der Waals surface area contributed by atoms with Gasteiger partial charge in [0, 0.05) is 30.2 Å². The van der Waals surface area contributed by atoms with Crippen LogP contribution in [0.4, 0.5) is 0 Å². The van der Waals surface area contributed by atoms with Crippen LogP contribution in [0.5, 0.6) is 5.75 Å². The Morgan fingerprint density at radius 1 is 1.32 bits per heavy atom. The Morgan fingerprint density at radius 3 is 2.95 bits per heavy atom. The molecule has 1 aromatic carbocycles. The number of benzene rings is 1. The van der Waals surface area contributed by atoms with Crippen LogP contribution in [0.2, 0.25) is 0 Å². The van der Waals surface area contributed by atoms with E-state index in [2.05, 4.69) is 10.3 Å². The van der Waals surface area contributed by atoms with E-state index >= 15 is 0 Å². The van der Waals surface area contributed by atoms with E-state index in [-0.39, 0.29) is 6.61 Å². The molecule has 0 amide bonds. The minimum atomic E-state index is -0.512. The van der Waals surface area contributed by atoms with Gasteiger partial charge in [-0.15, -0.1) is 0 Å². The van der Waals surface area contributed by atoms with E-state index in [1.807, 2.05) is 44.2 Å². The minimum Gasteiger partial charge on any atom is -0.491 e. The van der Waals surface area contributed by atoms with Crippen LogP contribution >= 0.6 is 0 Å². The van der Waals surface area contributed by atoms with Crippen molar-refractivity contribution in [1.82, 2.24) is 10.3 Å². The molecule has 19 heavy (non-hydrogen) atoms. The van der Waals surface area contributed by atoms with Gasteiger partial charge in [-0.05, 0) is 18.2 Å². The molecule has 2 rings (SSSR count). The van der Waals surface area contributed by atoms with Gasteiger partial charge in [0.25, 0.3) is 0 Å². The normalized spacial score (nSPS) is 12.8. The molecule has 0 radical (unpaired) electrons. The summed E-state index contributed by atoms with van der Waals surface area (Å²) in [4.78, 5) is 4.27. The Hall–Kier alpha value is -1.65. The fourth-order valence-corrected chi connectivity index (χ4v) is 1.76. The van der Waals surface area contributed by atoms with Crippen LogP contribution in [0.15, 0.2) is 36.5 Å². The molecule has 4 nitrogen and oxygen atoms in total. The Balaban J connectivity index is 1.90. The quantitative estimate of drug-likeness (QED) is 0.834. The summed E-state index contributed by atoms with van der Waals surface area (Å²) in [6.07, 6.45) is 1.25. The maximum atomic E-state index is 9.77. The van der Waals surface area contributed by atoms with E-state index < -0.39 is 6.10 Å². The molecule has 1 unspecified atom stereocenters. The van der Waals surface area contributed by atoms with Crippen molar-refractivity contribution in [3.05, 3.63) is 36.5 Å². The van der Waals surface area contributed by atoms with Gasteiger partial charge in [0.1, 0.15) is 18.5 Å². The molecule has 1 heterocycles. The number of aliphatic hydroxyl groups excluding tert-OH is 1. The van der Waals surface area contributed by atoms with Gasteiger partial charge in [0.05, 0.1) is 5.52 Å². The number of rotatable bonds is 6. The molecule has 2 N–H and O–H groups in total. The van der Waals surface area contributed by atoms with Gasteiger partial charge >= 0.3 is 0 Å². The number of aromatic nitrogens is 1. The third-order valence-corrected chi connectivity index (χ3v) is 2.78. The molecule has 1 aromatic heterocycles. The van der Waals surface area contributed by atoms with E-state index in [1.165, 1.54) is 0 Å². The lowest BCUT2D eigenvalue weighted by atomic mass is 10.2. The summed E-state index contributed by atoms with van der Waals surface area (Å²) >= 11 is 0. The molecule has 1 atom stereocenters. The molecule has 2 aromatic rings. The first kappa shape index (κ1) is 13.8. The van der Waals surface area contributed by atoms with Crippen LogP contribution in [-0.4, -0.2) is 35.4 Å². The van der Waals surface area contributed by atoms with Crippen LogP contribution in [0, 0.1) is 0 Å². The fraction of sp³-hybridized carbons (Fsp3) is 0.400. The van der Waals surface area contributed by atoms with Crippen molar-refractivity contribution in [1.29, 1.82) is 0 Å². The van der Waals surface area contributed by atoms with Crippen molar-refractivity contribution in [3.63, 3.8) is 0 Å². The molecule has 0 aliphatic rings. The number of hydrogen-bond acceptors (Lipinski definition) is 4. The van der Waals surface area contributed by atoms with Crippen molar-refractivity contribution < 1.29 is 9.84 Å². The fourth-order valence-electron chi connectivity index (χ4n) is 1.76.